The molecule has 1 aliphatic heterocycles. The van der Waals surface area contributed by atoms with Crippen LogP contribution in [-0.2, 0) is 11.8 Å². The first-order chi connectivity index (χ1) is 9.97. The fourth-order valence-electron chi connectivity index (χ4n) is 3.16. The largest absolute Gasteiger partial charge is 0.481 e. The Hall–Kier alpha value is -2.11. The summed E-state index contributed by atoms with van der Waals surface area (Å²) in [6, 6.07) is 2.86. The minimum atomic E-state index is -0.817. The number of aromatic nitrogens is 1. The summed E-state index contributed by atoms with van der Waals surface area (Å²) in [5.74, 6) is -0.959. The van der Waals surface area contributed by atoms with Crippen LogP contribution in [0.15, 0.2) is 23.1 Å². The molecule has 1 aromatic heterocycles. The van der Waals surface area contributed by atoms with E-state index < -0.39 is 11.9 Å². The highest BCUT2D eigenvalue weighted by molar-refractivity contribution is 5.94. The standard InChI is InChI=1S/C15H18N2O4/c1-16-6-10(4-5-13(16)18)14(19)17-7-11(9-2-3-9)12(8-17)15(20)21/h4-6,9,11-12H,2-3,7-8H2,1H3,(H,20,21)/t11-,12+/m1/s1. The summed E-state index contributed by atoms with van der Waals surface area (Å²) in [6.45, 7) is 0.765. The van der Waals surface area contributed by atoms with Gasteiger partial charge in [0.1, 0.15) is 0 Å². The van der Waals surface area contributed by atoms with Crippen molar-refractivity contribution >= 4 is 11.9 Å². The van der Waals surface area contributed by atoms with Gasteiger partial charge >= 0.3 is 5.97 Å². The number of rotatable bonds is 3. The van der Waals surface area contributed by atoms with Crippen LogP contribution >= 0.6 is 0 Å². The van der Waals surface area contributed by atoms with Crippen molar-refractivity contribution in [2.24, 2.45) is 24.8 Å². The first-order valence-electron chi connectivity index (χ1n) is 7.16. The highest BCUT2D eigenvalue weighted by atomic mass is 16.4. The van der Waals surface area contributed by atoms with Crippen LogP contribution < -0.4 is 5.56 Å². The minimum absolute atomic E-state index is 0.0685. The van der Waals surface area contributed by atoms with Crippen molar-refractivity contribution in [1.29, 1.82) is 0 Å². The lowest BCUT2D eigenvalue weighted by atomic mass is 9.92. The Morgan fingerprint density at radius 3 is 2.52 bits per heavy atom. The third kappa shape index (κ3) is 2.57. The van der Waals surface area contributed by atoms with Gasteiger partial charge in [-0.25, -0.2) is 0 Å². The average Bonchev–Trinajstić information content (AvgIpc) is 3.19. The Kier molecular flexibility index (Phi) is 3.31. The van der Waals surface area contributed by atoms with Crippen LogP contribution in [-0.4, -0.2) is 39.5 Å². The zero-order valence-corrected chi connectivity index (χ0v) is 11.9. The molecule has 112 valence electrons. The van der Waals surface area contributed by atoms with E-state index in [1.54, 1.807) is 11.9 Å². The summed E-state index contributed by atoms with van der Waals surface area (Å²) in [5, 5.41) is 9.33. The summed E-state index contributed by atoms with van der Waals surface area (Å²) in [6.07, 6.45) is 3.64. The van der Waals surface area contributed by atoms with Crippen molar-refractivity contribution in [2.75, 3.05) is 13.1 Å². The molecular formula is C15H18N2O4. The molecule has 6 nitrogen and oxygen atoms in total. The molecule has 0 aromatic carbocycles. The van der Waals surface area contributed by atoms with E-state index in [0.29, 0.717) is 18.0 Å². The molecule has 0 spiro atoms. The van der Waals surface area contributed by atoms with E-state index in [4.69, 9.17) is 0 Å². The smallest absolute Gasteiger partial charge is 0.308 e. The predicted octanol–water partition coefficient (Wildman–Crippen LogP) is 0.568. The lowest BCUT2D eigenvalue weighted by molar-refractivity contribution is -0.142. The maximum absolute atomic E-state index is 12.5. The molecule has 6 heteroatoms. The SMILES string of the molecule is Cn1cc(C(=O)N2C[C@H](C(=O)O)[C@@H](C3CC3)C2)ccc1=O. The number of carboxylic acid groups (broad SMARTS) is 1. The van der Waals surface area contributed by atoms with E-state index in [-0.39, 0.29) is 23.9 Å². The Balaban J connectivity index is 1.80. The second-order valence-corrected chi connectivity index (χ2v) is 6.02. The number of carboxylic acids is 1. The molecule has 1 aliphatic carbocycles. The number of carbonyl (C=O) groups is 2. The van der Waals surface area contributed by atoms with Crippen molar-refractivity contribution in [3.63, 3.8) is 0 Å². The summed E-state index contributed by atoms with van der Waals surface area (Å²) < 4.78 is 1.36. The van der Waals surface area contributed by atoms with Crippen molar-refractivity contribution in [3.8, 4) is 0 Å². The highest BCUT2D eigenvalue weighted by Gasteiger charge is 2.46. The van der Waals surface area contributed by atoms with E-state index >= 15 is 0 Å². The molecule has 3 rings (SSSR count). The van der Waals surface area contributed by atoms with Crippen molar-refractivity contribution in [2.45, 2.75) is 12.8 Å². The molecular weight excluding hydrogens is 272 g/mol. The molecule has 2 heterocycles. The van der Waals surface area contributed by atoms with Gasteiger partial charge in [-0.05, 0) is 30.7 Å². The number of hydrogen-bond acceptors (Lipinski definition) is 3. The summed E-state index contributed by atoms with van der Waals surface area (Å²) in [5.41, 5.74) is 0.255. The number of amides is 1. The van der Waals surface area contributed by atoms with Gasteiger partial charge in [0.25, 0.3) is 5.91 Å². The molecule has 1 saturated carbocycles. The third-order valence-electron chi connectivity index (χ3n) is 4.53. The van der Waals surface area contributed by atoms with Gasteiger partial charge in [-0.3, -0.25) is 14.4 Å². The van der Waals surface area contributed by atoms with Gasteiger partial charge < -0.3 is 14.6 Å². The molecule has 2 aliphatic rings. The van der Waals surface area contributed by atoms with E-state index in [9.17, 15) is 19.5 Å². The summed E-state index contributed by atoms with van der Waals surface area (Å²) in [4.78, 5) is 36.8. The van der Waals surface area contributed by atoms with E-state index in [1.165, 1.54) is 22.9 Å². The molecule has 21 heavy (non-hydrogen) atoms. The topological polar surface area (TPSA) is 79.6 Å². The van der Waals surface area contributed by atoms with Gasteiger partial charge in [-0.2, -0.15) is 0 Å². The number of pyridine rings is 1. The van der Waals surface area contributed by atoms with E-state index in [0.717, 1.165) is 12.8 Å². The number of aryl methyl sites for hydroxylation is 1. The first-order valence-corrected chi connectivity index (χ1v) is 7.16. The monoisotopic (exact) mass is 290 g/mol. The first kappa shape index (κ1) is 13.9. The minimum Gasteiger partial charge on any atom is -0.481 e. The lowest BCUT2D eigenvalue weighted by Crippen LogP contribution is -2.31. The Bertz CT molecular complexity index is 647. The molecule has 0 radical (unpaired) electrons. The fourth-order valence-corrected chi connectivity index (χ4v) is 3.16. The van der Waals surface area contributed by atoms with Crippen molar-refractivity contribution in [3.05, 3.63) is 34.2 Å². The maximum atomic E-state index is 12.5. The molecule has 0 unspecified atom stereocenters. The molecule has 1 amide bonds. The zero-order valence-electron chi connectivity index (χ0n) is 11.9. The molecule has 2 atom stereocenters. The van der Waals surface area contributed by atoms with Crippen LogP contribution in [0.1, 0.15) is 23.2 Å². The van der Waals surface area contributed by atoms with Gasteiger partial charge in [0.05, 0.1) is 11.5 Å². The van der Waals surface area contributed by atoms with Gasteiger partial charge in [0, 0.05) is 32.4 Å². The van der Waals surface area contributed by atoms with Crippen LogP contribution in [0, 0.1) is 17.8 Å². The Labute approximate surface area is 122 Å². The number of nitrogens with zero attached hydrogens (tertiary/aromatic N) is 2. The second-order valence-electron chi connectivity index (χ2n) is 6.02. The third-order valence-corrected chi connectivity index (χ3v) is 4.53. The number of aliphatic carboxylic acids is 1. The molecule has 1 N–H and O–H groups in total. The number of likely N-dealkylation sites (tertiary alicyclic amines) is 1. The molecule has 1 aromatic rings. The lowest BCUT2D eigenvalue weighted by Gasteiger charge is -2.16. The van der Waals surface area contributed by atoms with Crippen LogP contribution in [0.3, 0.4) is 0 Å². The maximum Gasteiger partial charge on any atom is 0.308 e. The van der Waals surface area contributed by atoms with Crippen LogP contribution in [0.5, 0.6) is 0 Å². The quantitative estimate of drug-likeness (QED) is 0.882. The molecule has 2 fully saturated rings. The van der Waals surface area contributed by atoms with Gasteiger partial charge in [0.15, 0.2) is 0 Å². The summed E-state index contributed by atoms with van der Waals surface area (Å²) in [7, 11) is 1.59. The second kappa shape index (κ2) is 5.02. The average molecular weight is 290 g/mol. The Morgan fingerprint density at radius 2 is 1.95 bits per heavy atom. The van der Waals surface area contributed by atoms with Gasteiger partial charge in [-0.1, -0.05) is 0 Å². The van der Waals surface area contributed by atoms with Crippen LogP contribution in [0.4, 0.5) is 0 Å². The van der Waals surface area contributed by atoms with E-state index in [2.05, 4.69) is 0 Å². The van der Waals surface area contributed by atoms with Gasteiger partial charge in [0.2, 0.25) is 5.56 Å². The normalized spacial score (nSPS) is 25.1. The fraction of sp³-hybridized carbons (Fsp3) is 0.533. The number of hydrogen-bond donors (Lipinski definition) is 1. The van der Waals surface area contributed by atoms with Crippen molar-refractivity contribution < 1.29 is 14.7 Å². The van der Waals surface area contributed by atoms with Crippen LogP contribution in [0.2, 0.25) is 0 Å². The zero-order chi connectivity index (χ0) is 15.1. The summed E-state index contributed by atoms with van der Waals surface area (Å²) >= 11 is 0. The van der Waals surface area contributed by atoms with Crippen molar-refractivity contribution in [1.82, 2.24) is 9.47 Å². The van der Waals surface area contributed by atoms with Gasteiger partial charge in [-0.15, -0.1) is 0 Å². The predicted molar refractivity (Wildman–Crippen MR) is 74.9 cm³/mol. The molecule has 0 bridgehead atoms. The molecule has 1 saturated heterocycles. The highest BCUT2D eigenvalue weighted by Crippen LogP contribution is 2.44. The Morgan fingerprint density at radius 1 is 1.24 bits per heavy atom. The number of carbonyl (C=O) groups excluding carboxylic acids is 1. The van der Waals surface area contributed by atoms with Crippen LogP contribution in [0.25, 0.3) is 0 Å². The van der Waals surface area contributed by atoms with E-state index in [1.807, 2.05) is 0 Å².